The molecule has 0 saturated carbocycles. The summed E-state index contributed by atoms with van der Waals surface area (Å²) in [6, 6.07) is 12.4. The molecule has 152 valence electrons. The monoisotopic (exact) mass is 412 g/mol. The lowest BCUT2D eigenvalue weighted by molar-refractivity contribution is 0.102. The highest BCUT2D eigenvalue weighted by Gasteiger charge is 2.15. The molecule has 6 nitrogen and oxygen atoms in total. The maximum absolute atomic E-state index is 12.9. The fraction of sp³-hybridized carbons (Fsp3) is 0.318. The molecular weight excluding hydrogens is 388 g/mol. The highest BCUT2D eigenvalue weighted by molar-refractivity contribution is 7.99. The quantitative estimate of drug-likeness (QED) is 0.298. The third-order valence-corrected chi connectivity index (χ3v) is 5.58. The van der Waals surface area contributed by atoms with Crippen molar-refractivity contribution in [2.75, 3.05) is 20.0 Å². The molecule has 3 rings (SSSR count). The first-order chi connectivity index (χ1) is 14.1. The number of carbonyl (C=O) groups is 1. The molecule has 0 radical (unpaired) electrons. The molecule has 0 fully saturated rings. The lowest BCUT2D eigenvalue weighted by Crippen LogP contribution is -2.24. The van der Waals surface area contributed by atoms with Gasteiger partial charge in [-0.1, -0.05) is 37.2 Å². The van der Waals surface area contributed by atoms with E-state index in [0.29, 0.717) is 39.7 Å². The van der Waals surface area contributed by atoms with Crippen LogP contribution in [0.25, 0.3) is 10.9 Å². The zero-order valence-electron chi connectivity index (χ0n) is 16.8. The Balaban J connectivity index is 1.87. The largest absolute Gasteiger partial charge is 0.493 e. The van der Waals surface area contributed by atoms with E-state index in [1.807, 2.05) is 18.2 Å². The minimum absolute atomic E-state index is 0.0647. The summed E-state index contributed by atoms with van der Waals surface area (Å²) >= 11 is 1.28. The van der Waals surface area contributed by atoms with Crippen LogP contribution in [-0.2, 0) is 6.54 Å². The number of nitrogens with zero attached hydrogens (tertiary/aromatic N) is 2. The number of methoxy groups -OCH3 is 2. The summed E-state index contributed by atoms with van der Waals surface area (Å²) in [7, 11) is 3.09. The molecule has 0 atom stereocenters. The number of aromatic nitrogens is 2. The Hall–Kier alpha value is -2.80. The minimum Gasteiger partial charge on any atom is -0.493 e. The Labute approximate surface area is 173 Å². The zero-order valence-corrected chi connectivity index (χ0v) is 17.6. The summed E-state index contributed by atoms with van der Waals surface area (Å²) in [5.41, 5.74) is 1.11. The molecule has 3 aromatic rings. The van der Waals surface area contributed by atoms with Gasteiger partial charge in [0.2, 0.25) is 0 Å². The van der Waals surface area contributed by atoms with E-state index >= 15 is 0 Å². The number of rotatable bonds is 9. The van der Waals surface area contributed by atoms with E-state index in [0.717, 1.165) is 12.8 Å². The third kappa shape index (κ3) is 4.62. The smallest absolute Gasteiger partial charge is 0.262 e. The summed E-state index contributed by atoms with van der Waals surface area (Å²) in [6.45, 7) is 2.66. The average molecular weight is 413 g/mol. The molecule has 0 aliphatic carbocycles. The number of unbranched alkanes of at least 4 members (excludes halogenated alkanes) is 1. The third-order valence-electron chi connectivity index (χ3n) is 4.60. The number of hydrogen-bond donors (Lipinski definition) is 0. The van der Waals surface area contributed by atoms with Crippen LogP contribution in [0.1, 0.15) is 30.1 Å². The second-order valence-corrected chi connectivity index (χ2v) is 7.45. The molecule has 7 heteroatoms. The van der Waals surface area contributed by atoms with Gasteiger partial charge < -0.3 is 9.47 Å². The molecular formula is C22H24N2O4S. The molecule has 0 saturated heterocycles. The van der Waals surface area contributed by atoms with Gasteiger partial charge in [-0.05, 0) is 36.8 Å². The lowest BCUT2D eigenvalue weighted by atomic mass is 10.1. The van der Waals surface area contributed by atoms with Gasteiger partial charge in [0.15, 0.2) is 22.4 Å². The van der Waals surface area contributed by atoms with Gasteiger partial charge in [-0.2, -0.15) is 0 Å². The van der Waals surface area contributed by atoms with Crippen molar-refractivity contribution in [2.45, 2.75) is 31.5 Å². The number of ether oxygens (including phenoxy) is 2. The van der Waals surface area contributed by atoms with Crippen LogP contribution in [0.3, 0.4) is 0 Å². The summed E-state index contributed by atoms with van der Waals surface area (Å²) in [4.78, 5) is 30.3. The van der Waals surface area contributed by atoms with Crippen LogP contribution in [0.5, 0.6) is 11.5 Å². The molecule has 1 aromatic heterocycles. The van der Waals surface area contributed by atoms with Crippen LogP contribution in [0.15, 0.2) is 52.4 Å². The van der Waals surface area contributed by atoms with Gasteiger partial charge in [-0.3, -0.25) is 14.2 Å². The Kier molecular flexibility index (Phi) is 6.93. The van der Waals surface area contributed by atoms with Gasteiger partial charge in [-0.25, -0.2) is 4.98 Å². The first-order valence-corrected chi connectivity index (χ1v) is 10.4. The minimum atomic E-state index is -0.0691. The first kappa shape index (κ1) is 20.9. The fourth-order valence-electron chi connectivity index (χ4n) is 2.99. The molecule has 0 N–H and O–H groups in total. The standard InChI is InChI=1S/C22H24N2O4S/c1-4-5-12-24-21(26)16-8-6-7-9-17(16)23-22(24)29-14-18(25)15-10-11-19(27-2)20(13-15)28-3/h6-11,13H,4-5,12,14H2,1-3H3. The summed E-state index contributed by atoms with van der Waals surface area (Å²) in [5, 5.41) is 1.16. The van der Waals surface area contributed by atoms with Crippen LogP contribution in [0, 0.1) is 0 Å². The lowest BCUT2D eigenvalue weighted by Gasteiger charge is -2.13. The number of carbonyl (C=O) groups excluding carboxylic acids is 1. The Bertz CT molecular complexity index is 1080. The van der Waals surface area contributed by atoms with Crippen molar-refractivity contribution in [2.24, 2.45) is 0 Å². The molecule has 2 aromatic carbocycles. The Morgan fingerprint density at radius 1 is 1.10 bits per heavy atom. The summed E-state index contributed by atoms with van der Waals surface area (Å²) < 4.78 is 12.2. The van der Waals surface area contributed by atoms with E-state index in [-0.39, 0.29) is 17.1 Å². The first-order valence-electron chi connectivity index (χ1n) is 9.46. The molecule has 1 heterocycles. The number of para-hydroxylation sites is 1. The molecule has 0 unspecified atom stereocenters. The van der Waals surface area contributed by atoms with Crippen LogP contribution in [-0.4, -0.2) is 35.3 Å². The second kappa shape index (κ2) is 9.60. The average Bonchev–Trinajstić information content (AvgIpc) is 2.76. The van der Waals surface area contributed by atoms with E-state index in [1.165, 1.54) is 18.9 Å². The summed E-state index contributed by atoms with van der Waals surface area (Å²) in [5.74, 6) is 1.18. The molecule has 0 aliphatic heterocycles. The number of Topliss-reactive ketones (excluding diaryl/α,β-unsaturated/α-hetero) is 1. The van der Waals surface area contributed by atoms with E-state index in [1.54, 1.807) is 35.9 Å². The van der Waals surface area contributed by atoms with Gasteiger partial charge >= 0.3 is 0 Å². The van der Waals surface area contributed by atoms with E-state index < -0.39 is 0 Å². The highest BCUT2D eigenvalue weighted by atomic mass is 32.2. The molecule has 0 bridgehead atoms. The Morgan fingerprint density at radius 2 is 1.86 bits per heavy atom. The van der Waals surface area contributed by atoms with Crippen molar-refractivity contribution in [1.82, 2.24) is 9.55 Å². The van der Waals surface area contributed by atoms with Crippen LogP contribution >= 0.6 is 11.8 Å². The predicted molar refractivity (Wildman–Crippen MR) is 116 cm³/mol. The fourth-order valence-corrected chi connectivity index (χ4v) is 3.91. The van der Waals surface area contributed by atoms with Gasteiger partial charge in [0.05, 0.1) is 30.9 Å². The molecule has 29 heavy (non-hydrogen) atoms. The molecule has 0 spiro atoms. The summed E-state index contributed by atoms with van der Waals surface area (Å²) in [6.07, 6.45) is 1.84. The highest BCUT2D eigenvalue weighted by Crippen LogP contribution is 2.28. The van der Waals surface area contributed by atoms with Gasteiger partial charge in [0, 0.05) is 12.1 Å². The zero-order chi connectivity index (χ0) is 20.8. The molecule has 0 aliphatic rings. The number of hydrogen-bond acceptors (Lipinski definition) is 6. The van der Waals surface area contributed by atoms with Crippen molar-refractivity contribution in [3.05, 3.63) is 58.4 Å². The van der Waals surface area contributed by atoms with E-state index in [9.17, 15) is 9.59 Å². The SMILES string of the molecule is CCCCn1c(SCC(=O)c2ccc(OC)c(OC)c2)nc2ccccc2c1=O. The van der Waals surface area contributed by atoms with Crippen LogP contribution in [0.4, 0.5) is 0 Å². The molecule has 0 amide bonds. The van der Waals surface area contributed by atoms with Gasteiger partial charge in [0.25, 0.3) is 5.56 Å². The number of thioether (sulfide) groups is 1. The van der Waals surface area contributed by atoms with E-state index in [4.69, 9.17) is 9.47 Å². The maximum atomic E-state index is 12.9. The van der Waals surface area contributed by atoms with Crippen molar-refractivity contribution in [3.8, 4) is 11.5 Å². The second-order valence-electron chi connectivity index (χ2n) is 6.50. The predicted octanol–water partition coefficient (Wildman–Crippen LogP) is 4.19. The van der Waals surface area contributed by atoms with Gasteiger partial charge in [-0.15, -0.1) is 0 Å². The van der Waals surface area contributed by atoms with Crippen LogP contribution < -0.4 is 15.0 Å². The van der Waals surface area contributed by atoms with Crippen LogP contribution in [0.2, 0.25) is 0 Å². The topological polar surface area (TPSA) is 70.4 Å². The number of fused-ring (bicyclic) bond motifs is 1. The maximum Gasteiger partial charge on any atom is 0.262 e. The van der Waals surface area contributed by atoms with Crippen molar-refractivity contribution in [1.29, 1.82) is 0 Å². The van der Waals surface area contributed by atoms with E-state index in [2.05, 4.69) is 11.9 Å². The normalized spacial score (nSPS) is 10.9. The van der Waals surface area contributed by atoms with Crippen molar-refractivity contribution in [3.63, 3.8) is 0 Å². The van der Waals surface area contributed by atoms with Crippen molar-refractivity contribution >= 4 is 28.4 Å². The van der Waals surface area contributed by atoms with Gasteiger partial charge in [0.1, 0.15) is 0 Å². The van der Waals surface area contributed by atoms with Crippen molar-refractivity contribution < 1.29 is 14.3 Å². The number of benzene rings is 2. The number of ketones is 1. The Morgan fingerprint density at radius 3 is 2.59 bits per heavy atom.